The van der Waals surface area contributed by atoms with E-state index in [-0.39, 0.29) is 17.2 Å². The molecule has 1 heterocycles. The van der Waals surface area contributed by atoms with Crippen molar-refractivity contribution in [2.75, 3.05) is 13.1 Å². The van der Waals surface area contributed by atoms with Crippen LogP contribution in [-0.4, -0.2) is 33.3 Å². The summed E-state index contributed by atoms with van der Waals surface area (Å²) in [5, 5.41) is 3.83. The Kier molecular flexibility index (Phi) is 7.83. The summed E-state index contributed by atoms with van der Waals surface area (Å²) < 4.78 is 31.6. The van der Waals surface area contributed by atoms with Crippen molar-refractivity contribution in [2.45, 2.75) is 29.9 Å². The molecule has 0 aliphatic heterocycles. The molecule has 0 radical (unpaired) electrons. The van der Waals surface area contributed by atoms with Crippen molar-refractivity contribution in [3.05, 3.63) is 89.9 Å². The molecular weight excluding hydrogens is 428 g/mol. The highest BCUT2D eigenvalue weighted by Gasteiger charge is 2.32. The van der Waals surface area contributed by atoms with E-state index in [1.165, 1.54) is 24.5 Å². The van der Waals surface area contributed by atoms with Crippen LogP contribution in [0.5, 0.6) is 0 Å². The summed E-state index contributed by atoms with van der Waals surface area (Å²) in [6.45, 7) is 1.91. The smallest absolute Gasteiger partial charge is 0.309 e. The topological polar surface area (TPSA) is 105 Å². The zero-order valence-electron chi connectivity index (χ0n) is 17.8. The van der Waals surface area contributed by atoms with Crippen molar-refractivity contribution in [2.24, 2.45) is 0 Å². The summed E-state index contributed by atoms with van der Waals surface area (Å²) in [6.07, 6.45) is 2.83. The van der Waals surface area contributed by atoms with Gasteiger partial charge in [-0.15, -0.1) is 0 Å². The zero-order chi connectivity index (χ0) is 23.0. The van der Waals surface area contributed by atoms with Gasteiger partial charge in [-0.25, -0.2) is 8.42 Å². The molecular formula is C24H26N2O5S. The Hall–Kier alpha value is -3.39. The highest BCUT2D eigenvalue weighted by Crippen LogP contribution is 2.29. The van der Waals surface area contributed by atoms with Crippen LogP contribution in [0.3, 0.4) is 0 Å². The van der Waals surface area contributed by atoms with Gasteiger partial charge >= 0.3 is 11.8 Å². The number of hydrogen-bond acceptors (Lipinski definition) is 5. The highest BCUT2D eigenvalue weighted by molar-refractivity contribution is 7.91. The standard InChI is InChI=1S/C24H26N2O5S/c1-18-11-13-20(14-12-18)32(29,30)22(21-10-6-16-31-21)17-26-24(28)23(27)25-15-5-9-19-7-3-2-4-8-19/h2-4,6-8,10-14,16,22H,5,9,15,17H2,1H3,(H,25,27)(H,26,28)/t22-/m1/s1. The van der Waals surface area contributed by atoms with Crippen molar-refractivity contribution in [1.29, 1.82) is 0 Å². The van der Waals surface area contributed by atoms with Gasteiger partial charge in [0.2, 0.25) is 0 Å². The van der Waals surface area contributed by atoms with Gasteiger partial charge in [0.15, 0.2) is 9.84 Å². The second-order valence-electron chi connectivity index (χ2n) is 7.42. The number of amides is 2. The molecule has 0 aliphatic carbocycles. The molecule has 2 aromatic carbocycles. The number of nitrogens with one attached hydrogen (secondary N) is 2. The second kappa shape index (κ2) is 10.8. The minimum absolute atomic E-state index is 0.115. The number of rotatable bonds is 9. The summed E-state index contributed by atoms with van der Waals surface area (Å²) in [6, 6.07) is 19.4. The number of furan rings is 1. The third kappa shape index (κ3) is 6.07. The van der Waals surface area contributed by atoms with E-state index in [1.54, 1.807) is 18.2 Å². The fourth-order valence-corrected chi connectivity index (χ4v) is 4.80. The number of hydrogen-bond donors (Lipinski definition) is 2. The maximum absolute atomic E-state index is 13.2. The van der Waals surface area contributed by atoms with Crippen molar-refractivity contribution in [3.63, 3.8) is 0 Å². The fourth-order valence-electron chi connectivity index (χ4n) is 3.21. The molecule has 1 aromatic heterocycles. The summed E-state index contributed by atoms with van der Waals surface area (Å²) in [4.78, 5) is 24.5. The Morgan fingerprint density at radius 2 is 1.59 bits per heavy atom. The van der Waals surface area contributed by atoms with Crippen LogP contribution < -0.4 is 10.6 Å². The van der Waals surface area contributed by atoms with E-state index in [0.717, 1.165) is 17.5 Å². The first kappa shape index (κ1) is 23.3. The SMILES string of the molecule is Cc1ccc(S(=O)(=O)[C@H](CNC(=O)C(=O)NCCCc2ccccc2)c2ccco2)cc1. The van der Waals surface area contributed by atoms with Gasteiger partial charge in [-0.2, -0.15) is 0 Å². The summed E-state index contributed by atoms with van der Waals surface area (Å²) in [5.74, 6) is -1.50. The molecule has 1 atom stereocenters. The number of benzene rings is 2. The summed E-state index contributed by atoms with van der Waals surface area (Å²) in [5.41, 5.74) is 2.07. The molecule has 2 N–H and O–H groups in total. The number of carbonyl (C=O) groups excluding carboxylic acids is 2. The Bertz CT molecular complexity index is 1120. The van der Waals surface area contributed by atoms with E-state index in [9.17, 15) is 18.0 Å². The van der Waals surface area contributed by atoms with E-state index in [2.05, 4.69) is 10.6 Å². The lowest BCUT2D eigenvalue weighted by Gasteiger charge is -2.17. The van der Waals surface area contributed by atoms with E-state index in [4.69, 9.17) is 4.42 Å². The molecule has 7 nitrogen and oxygen atoms in total. The van der Waals surface area contributed by atoms with Crippen molar-refractivity contribution in [1.82, 2.24) is 10.6 Å². The van der Waals surface area contributed by atoms with Crippen LogP contribution >= 0.6 is 0 Å². The molecule has 168 valence electrons. The Labute approximate surface area is 187 Å². The first-order valence-electron chi connectivity index (χ1n) is 10.3. The Morgan fingerprint density at radius 3 is 2.25 bits per heavy atom. The van der Waals surface area contributed by atoms with E-state index >= 15 is 0 Å². The lowest BCUT2D eigenvalue weighted by Crippen LogP contribution is -2.42. The zero-order valence-corrected chi connectivity index (χ0v) is 18.6. The second-order valence-corrected chi connectivity index (χ2v) is 9.55. The van der Waals surface area contributed by atoms with Gasteiger partial charge in [0.25, 0.3) is 0 Å². The average Bonchev–Trinajstić information content (AvgIpc) is 3.32. The molecule has 0 spiro atoms. The molecule has 3 rings (SSSR count). The van der Waals surface area contributed by atoms with Crippen molar-refractivity contribution >= 4 is 21.7 Å². The molecule has 0 bridgehead atoms. The maximum atomic E-state index is 13.2. The van der Waals surface area contributed by atoms with E-state index < -0.39 is 26.9 Å². The summed E-state index contributed by atoms with van der Waals surface area (Å²) >= 11 is 0. The molecule has 0 aliphatic rings. The van der Waals surface area contributed by atoms with Crippen LogP contribution in [0.2, 0.25) is 0 Å². The van der Waals surface area contributed by atoms with Gasteiger partial charge < -0.3 is 15.1 Å². The molecule has 0 fully saturated rings. The number of aryl methyl sites for hydroxylation is 2. The molecule has 2 amide bonds. The van der Waals surface area contributed by atoms with Crippen molar-refractivity contribution in [3.8, 4) is 0 Å². The monoisotopic (exact) mass is 454 g/mol. The van der Waals surface area contributed by atoms with Gasteiger partial charge in [0.05, 0.1) is 11.2 Å². The first-order chi connectivity index (χ1) is 15.4. The minimum atomic E-state index is -3.85. The molecule has 0 saturated carbocycles. The van der Waals surface area contributed by atoms with Gasteiger partial charge in [0.1, 0.15) is 11.0 Å². The van der Waals surface area contributed by atoms with E-state index in [0.29, 0.717) is 13.0 Å². The van der Waals surface area contributed by atoms with Crippen LogP contribution in [0, 0.1) is 6.92 Å². The van der Waals surface area contributed by atoms with Crippen LogP contribution in [0.15, 0.2) is 82.3 Å². The molecule has 3 aromatic rings. The average molecular weight is 455 g/mol. The Balaban J connectivity index is 1.58. The highest BCUT2D eigenvalue weighted by atomic mass is 32.2. The number of sulfone groups is 1. The van der Waals surface area contributed by atoms with Gasteiger partial charge in [-0.3, -0.25) is 9.59 Å². The minimum Gasteiger partial charge on any atom is -0.468 e. The molecule has 8 heteroatoms. The van der Waals surface area contributed by atoms with Gasteiger partial charge in [0, 0.05) is 13.1 Å². The third-order valence-electron chi connectivity index (χ3n) is 5.01. The van der Waals surface area contributed by atoms with Crippen LogP contribution in [0.25, 0.3) is 0 Å². The lowest BCUT2D eigenvalue weighted by atomic mass is 10.1. The van der Waals surface area contributed by atoms with Gasteiger partial charge in [-0.1, -0.05) is 48.0 Å². The maximum Gasteiger partial charge on any atom is 0.309 e. The number of carbonyl (C=O) groups is 2. The lowest BCUT2D eigenvalue weighted by molar-refractivity contribution is -0.139. The molecule has 0 unspecified atom stereocenters. The predicted molar refractivity (Wildman–Crippen MR) is 121 cm³/mol. The fraction of sp³-hybridized carbons (Fsp3) is 0.250. The molecule has 32 heavy (non-hydrogen) atoms. The predicted octanol–water partition coefficient (Wildman–Crippen LogP) is 2.97. The van der Waals surface area contributed by atoms with Crippen LogP contribution in [0.4, 0.5) is 0 Å². The van der Waals surface area contributed by atoms with Crippen LogP contribution in [-0.2, 0) is 25.8 Å². The largest absolute Gasteiger partial charge is 0.468 e. The quantitative estimate of drug-likeness (QED) is 0.382. The normalized spacial score (nSPS) is 12.2. The van der Waals surface area contributed by atoms with Crippen LogP contribution in [0.1, 0.15) is 28.6 Å². The third-order valence-corrected chi connectivity index (χ3v) is 7.09. The first-order valence-corrected chi connectivity index (χ1v) is 11.9. The van der Waals surface area contributed by atoms with Gasteiger partial charge in [-0.05, 0) is 49.6 Å². The van der Waals surface area contributed by atoms with E-state index in [1.807, 2.05) is 37.3 Å². The summed E-state index contributed by atoms with van der Waals surface area (Å²) in [7, 11) is -3.85. The molecule has 0 saturated heterocycles. The van der Waals surface area contributed by atoms with Crippen molar-refractivity contribution < 1.29 is 22.4 Å². The Morgan fingerprint density at radius 1 is 0.906 bits per heavy atom.